The zero-order valence-electron chi connectivity index (χ0n) is 17.1. The summed E-state index contributed by atoms with van der Waals surface area (Å²) in [5.41, 5.74) is 2.75. The van der Waals surface area contributed by atoms with Crippen LogP contribution >= 0.6 is 0 Å². The number of rotatable bonds is 7. The van der Waals surface area contributed by atoms with Gasteiger partial charge in [0.15, 0.2) is 0 Å². The topological polar surface area (TPSA) is 43.9 Å². The van der Waals surface area contributed by atoms with Crippen LogP contribution in [0.4, 0.5) is 0 Å². The lowest BCUT2D eigenvalue weighted by Gasteiger charge is -2.36. The molecule has 0 radical (unpaired) electrons. The van der Waals surface area contributed by atoms with Crippen molar-refractivity contribution in [3.05, 3.63) is 47.5 Å². The van der Waals surface area contributed by atoms with E-state index in [1.54, 1.807) is 11.8 Å². The Morgan fingerprint density at radius 1 is 1.04 bits per heavy atom. The summed E-state index contributed by atoms with van der Waals surface area (Å²) in [6.45, 7) is 6.60. The van der Waals surface area contributed by atoms with Crippen LogP contribution in [-0.2, 0) is 16.1 Å². The summed E-state index contributed by atoms with van der Waals surface area (Å²) >= 11 is 0. The van der Waals surface area contributed by atoms with E-state index in [1.165, 1.54) is 24.0 Å². The number of nitrogens with zero attached hydrogens (tertiary/aromatic N) is 3. The van der Waals surface area contributed by atoms with Gasteiger partial charge in [0.25, 0.3) is 0 Å². The third-order valence-electron chi connectivity index (χ3n) is 5.83. The van der Waals surface area contributed by atoms with Crippen molar-refractivity contribution in [1.82, 2.24) is 14.7 Å². The highest BCUT2D eigenvalue weighted by molar-refractivity contribution is 5.84. The largest absolute Gasteiger partial charge is 0.339 e. The van der Waals surface area contributed by atoms with Crippen LogP contribution in [0.25, 0.3) is 0 Å². The average Bonchev–Trinajstić information content (AvgIpc) is 2.73. The van der Waals surface area contributed by atoms with Crippen LogP contribution in [0.1, 0.15) is 44.6 Å². The van der Waals surface area contributed by atoms with Gasteiger partial charge in [-0.1, -0.05) is 42.0 Å². The molecule has 0 spiro atoms. The zero-order valence-corrected chi connectivity index (χ0v) is 17.1. The Kier molecular flexibility index (Phi) is 7.66. The van der Waals surface area contributed by atoms with E-state index in [0.717, 1.165) is 52.0 Å². The zero-order chi connectivity index (χ0) is 19.8. The van der Waals surface area contributed by atoms with Gasteiger partial charge in [-0.2, -0.15) is 0 Å². The van der Waals surface area contributed by atoms with Crippen LogP contribution in [0, 0.1) is 0 Å². The fourth-order valence-corrected chi connectivity index (χ4v) is 4.02. The molecule has 0 aromatic heterocycles. The molecule has 5 heteroatoms. The summed E-state index contributed by atoms with van der Waals surface area (Å²) in [5.74, 6) is 0.0691. The standard InChI is InChI=1S/C23H33N3O2/c1-20(27)26(13-12-21-8-4-2-5-9-21)19-23(28)25-16-14-24(15-17-25)18-22-10-6-3-7-11-22/h3,6-8,10-11H,2,4-5,9,12-19H2,1H3. The Bertz CT molecular complexity index is 678. The monoisotopic (exact) mass is 383 g/mol. The highest BCUT2D eigenvalue weighted by atomic mass is 16.2. The Balaban J connectivity index is 1.44. The molecule has 1 saturated heterocycles. The van der Waals surface area contributed by atoms with Crippen molar-refractivity contribution in [3.63, 3.8) is 0 Å². The van der Waals surface area contributed by atoms with Crippen molar-refractivity contribution in [2.75, 3.05) is 39.3 Å². The molecule has 1 aliphatic heterocycles. The first kappa shape index (κ1) is 20.6. The fraction of sp³-hybridized carbons (Fsp3) is 0.565. The van der Waals surface area contributed by atoms with Gasteiger partial charge in [-0.05, 0) is 37.7 Å². The number of hydrogen-bond acceptors (Lipinski definition) is 3. The van der Waals surface area contributed by atoms with E-state index in [9.17, 15) is 9.59 Å². The molecule has 3 rings (SSSR count). The van der Waals surface area contributed by atoms with Crippen molar-refractivity contribution in [3.8, 4) is 0 Å². The molecule has 152 valence electrons. The van der Waals surface area contributed by atoms with E-state index < -0.39 is 0 Å². The van der Waals surface area contributed by atoms with Crippen molar-refractivity contribution >= 4 is 11.8 Å². The Labute approximate surface area is 169 Å². The Morgan fingerprint density at radius 2 is 1.79 bits per heavy atom. The number of amides is 2. The van der Waals surface area contributed by atoms with Gasteiger partial charge >= 0.3 is 0 Å². The quantitative estimate of drug-likeness (QED) is 0.680. The maximum absolute atomic E-state index is 12.7. The summed E-state index contributed by atoms with van der Waals surface area (Å²) in [6.07, 6.45) is 8.03. The number of carbonyl (C=O) groups excluding carboxylic acids is 2. The van der Waals surface area contributed by atoms with Crippen molar-refractivity contribution < 1.29 is 9.59 Å². The van der Waals surface area contributed by atoms with E-state index in [1.807, 2.05) is 11.0 Å². The molecule has 0 atom stereocenters. The highest BCUT2D eigenvalue weighted by Gasteiger charge is 2.23. The molecule has 0 N–H and O–H groups in total. The number of allylic oxidation sites excluding steroid dienone is 1. The average molecular weight is 384 g/mol. The molecular formula is C23H33N3O2. The van der Waals surface area contributed by atoms with Gasteiger partial charge in [-0.3, -0.25) is 14.5 Å². The molecular weight excluding hydrogens is 350 g/mol. The third kappa shape index (κ3) is 6.20. The normalized spacial score (nSPS) is 17.9. The number of carbonyl (C=O) groups is 2. The highest BCUT2D eigenvalue weighted by Crippen LogP contribution is 2.20. The summed E-state index contributed by atoms with van der Waals surface area (Å²) in [7, 11) is 0. The second kappa shape index (κ2) is 10.4. The van der Waals surface area contributed by atoms with Gasteiger partial charge in [-0.15, -0.1) is 0 Å². The van der Waals surface area contributed by atoms with Crippen molar-refractivity contribution in [2.24, 2.45) is 0 Å². The molecule has 1 heterocycles. The van der Waals surface area contributed by atoms with Crippen LogP contribution in [0.15, 0.2) is 42.0 Å². The minimum absolute atomic E-state index is 0.00697. The van der Waals surface area contributed by atoms with Crippen LogP contribution in [0.3, 0.4) is 0 Å². The van der Waals surface area contributed by atoms with Gasteiger partial charge < -0.3 is 9.80 Å². The predicted molar refractivity (Wildman–Crippen MR) is 112 cm³/mol. The lowest BCUT2D eigenvalue weighted by Crippen LogP contribution is -2.51. The van der Waals surface area contributed by atoms with E-state index in [4.69, 9.17) is 0 Å². The van der Waals surface area contributed by atoms with Gasteiger partial charge in [0.2, 0.25) is 11.8 Å². The molecule has 2 amide bonds. The summed E-state index contributed by atoms with van der Waals surface area (Å²) in [5, 5.41) is 0. The van der Waals surface area contributed by atoms with Gasteiger partial charge in [-0.25, -0.2) is 0 Å². The third-order valence-corrected chi connectivity index (χ3v) is 5.83. The lowest BCUT2D eigenvalue weighted by atomic mass is 9.97. The summed E-state index contributed by atoms with van der Waals surface area (Å²) in [4.78, 5) is 30.8. The summed E-state index contributed by atoms with van der Waals surface area (Å²) in [6, 6.07) is 10.4. The Hall–Kier alpha value is -2.14. The van der Waals surface area contributed by atoms with Crippen molar-refractivity contribution in [1.29, 1.82) is 0 Å². The molecule has 5 nitrogen and oxygen atoms in total. The molecule has 1 fully saturated rings. The molecule has 0 unspecified atom stereocenters. The predicted octanol–water partition coefficient (Wildman–Crippen LogP) is 3.07. The van der Waals surface area contributed by atoms with E-state index in [-0.39, 0.29) is 18.4 Å². The van der Waals surface area contributed by atoms with E-state index in [2.05, 4.69) is 35.2 Å². The molecule has 0 saturated carbocycles. The number of benzene rings is 1. The van der Waals surface area contributed by atoms with Gasteiger partial charge in [0.1, 0.15) is 0 Å². The maximum atomic E-state index is 12.7. The van der Waals surface area contributed by atoms with Crippen LogP contribution in [0.2, 0.25) is 0 Å². The maximum Gasteiger partial charge on any atom is 0.242 e. The number of piperazine rings is 1. The SMILES string of the molecule is CC(=O)N(CCC1=CCCCC1)CC(=O)N1CCN(Cc2ccccc2)CC1. The van der Waals surface area contributed by atoms with Crippen LogP contribution in [-0.4, -0.2) is 65.8 Å². The minimum Gasteiger partial charge on any atom is -0.339 e. The molecule has 1 aromatic carbocycles. The fourth-order valence-electron chi connectivity index (χ4n) is 4.02. The molecule has 1 aliphatic carbocycles. The van der Waals surface area contributed by atoms with Crippen molar-refractivity contribution in [2.45, 2.75) is 45.6 Å². The minimum atomic E-state index is -0.00697. The summed E-state index contributed by atoms with van der Waals surface area (Å²) < 4.78 is 0. The Morgan fingerprint density at radius 3 is 2.43 bits per heavy atom. The molecule has 2 aliphatic rings. The first-order valence-electron chi connectivity index (χ1n) is 10.6. The smallest absolute Gasteiger partial charge is 0.242 e. The molecule has 1 aromatic rings. The van der Waals surface area contributed by atoms with E-state index >= 15 is 0 Å². The van der Waals surface area contributed by atoms with E-state index in [0.29, 0.717) is 6.54 Å². The number of hydrogen-bond donors (Lipinski definition) is 0. The van der Waals surface area contributed by atoms with Crippen LogP contribution in [0.5, 0.6) is 0 Å². The van der Waals surface area contributed by atoms with Gasteiger partial charge in [0.05, 0.1) is 6.54 Å². The molecule has 0 bridgehead atoms. The first-order chi connectivity index (χ1) is 13.6. The van der Waals surface area contributed by atoms with Crippen LogP contribution < -0.4 is 0 Å². The molecule has 28 heavy (non-hydrogen) atoms. The lowest BCUT2D eigenvalue weighted by molar-refractivity contribution is -0.140. The second-order valence-corrected chi connectivity index (χ2v) is 7.94. The first-order valence-corrected chi connectivity index (χ1v) is 10.6. The van der Waals surface area contributed by atoms with Gasteiger partial charge in [0, 0.05) is 46.2 Å². The second-order valence-electron chi connectivity index (χ2n) is 7.94.